The van der Waals surface area contributed by atoms with E-state index in [2.05, 4.69) is 25.5 Å². The molecule has 9 nitrogen and oxygen atoms in total. The van der Waals surface area contributed by atoms with Crippen LogP contribution in [0, 0.1) is 0 Å². The molecule has 4 aromatic rings. The Labute approximate surface area is 166 Å². The molecule has 0 atom stereocenters. The van der Waals surface area contributed by atoms with Crippen molar-refractivity contribution < 1.29 is 14.1 Å². The second-order valence-electron chi connectivity index (χ2n) is 6.42. The first-order chi connectivity index (χ1) is 14.2. The molecule has 29 heavy (non-hydrogen) atoms. The van der Waals surface area contributed by atoms with Crippen molar-refractivity contribution >= 4 is 11.6 Å². The summed E-state index contributed by atoms with van der Waals surface area (Å²) < 4.78 is 11.8. The molecule has 4 heterocycles. The van der Waals surface area contributed by atoms with Crippen molar-refractivity contribution in [3.05, 3.63) is 60.4 Å². The quantitative estimate of drug-likeness (QED) is 0.489. The maximum atomic E-state index is 12.0. The second kappa shape index (κ2) is 8.51. The fraction of sp³-hybridized carbons (Fsp3) is 0.250. The van der Waals surface area contributed by atoms with Gasteiger partial charge in [-0.25, -0.2) is 9.50 Å². The summed E-state index contributed by atoms with van der Waals surface area (Å²) >= 11 is 0. The Morgan fingerprint density at radius 2 is 2.07 bits per heavy atom. The topological polar surface area (TPSA) is 107 Å². The van der Waals surface area contributed by atoms with E-state index < -0.39 is 0 Å². The number of carbonyl (C=O) groups is 1. The zero-order valence-electron chi connectivity index (χ0n) is 15.9. The number of rotatable bonds is 8. The lowest BCUT2D eigenvalue weighted by molar-refractivity contribution is -0.121. The lowest BCUT2D eigenvalue weighted by Crippen LogP contribution is -2.25. The fourth-order valence-corrected chi connectivity index (χ4v) is 2.90. The average Bonchev–Trinajstić information content (AvgIpc) is 3.38. The van der Waals surface area contributed by atoms with Crippen LogP contribution in [0.2, 0.25) is 0 Å². The van der Waals surface area contributed by atoms with Crippen LogP contribution in [0.15, 0.2) is 53.4 Å². The van der Waals surface area contributed by atoms with Crippen LogP contribution in [0.3, 0.4) is 0 Å². The minimum atomic E-state index is -0.0535. The number of aryl methyl sites for hydroxylation is 1. The Morgan fingerprint density at radius 1 is 1.21 bits per heavy atom. The number of amides is 1. The summed E-state index contributed by atoms with van der Waals surface area (Å²) in [6.45, 7) is 0.500. The number of nitrogens with one attached hydrogen (secondary N) is 1. The van der Waals surface area contributed by atoms with Crippen molar-refractivity contribution in [3.8, 4) is 17.1 Å². The molecule has 0 aromatic carbocycles. The molecule has 0 aliphatic rings. The highest BCUT2D eigenvalue weighted by molar-refractivity contribution is 5.76. The van der Waals surface area contributed by atoms with E-state index in [9.17, 15) is 4.79 Å². The normalized spacial score (nSPS) is 10.9. The van der Waals surface area contributed by atoms with Crippen molar-refractivity contribution in [3.63, 3.8) is 0 Å². The number of pyridine rings is 1. The van der Waals surface area contributed by atoms with Crippen LogP contribution >= 0.6 is 0 Å². The van der Waals surface area contributed by atoms with Gasteiger partial charge in [0.05, 0.1) is 18.5 Å². The number of hydrogen-bond acceptors (Lipinski definition) is 7. The number of ether oxygens (including phenoxy) is 1. The maximum Gasteiger partial charge on any atom is 0.254 e. The molecule has 0 bridgehead atoms. The number of aromatic nitrogens is 5. The first-order valence-corrected chi connectivity index (χ1v) is 9.23. The molecule has 4 rings (SSSR count). The molecule has 1 amide bonds. The second-order valence-corrected chi connectivity index (χ2v) is 6.42. The summed E-state index contributed by atoms with van der Waals surface area (Å²) in [5, 5.41) is 11.1. The third kappa shape index (κ3) is 4.57. The SMILES string of the molecule is COc1cc(CCC(=O)NCCc2cc3nc(-c4ccncc4)ccn3n2)on1. The van der Waals surface area contributed by atoms with Gasteiger partial charge in [-0.2, -0.15) is 5.10 Å². The number of methoxy groups -OCH3 is 1. The van der Waals surface area contributed by atoms with Crippen LogP contribution in [0.25, 0.3) is 16.9 Å². The van der Waals surface area contributed by atoms with Gasteiger partial charge in [0.25, 0.3) is 5.88 Å². The summed E-state index contributed by atoms with van der Waals surface area (Å²) in [5.41, 5.74) is 3.50. The van der Waals surface area contributed by atoms with Crippen molar-refractivity contribution in [2.75, 3.05) is 13.7 Å². The Bertz CT molecular complexity index is 1110. The van der Waals surface area contributed by atoms with Crippen LogP contribution in [0.4, 0.5) is 0 Å². The molecule has 0 saturated carbocycles. The number of fused-ring (bicyclic) bond motifs is 1. The van der Waals surface area contributed by atoms with E-state index in [-0.39, 0.29) is 5.91 Å². The predicted molar refractivity (Wildman–Crippen MR) is 104 cm³/mol. The molecule has 0 aliphatic heterocycles. The van der Waals surface area contributed by atoms with Gasteiger partial charge in [0.2, 0.25) is 5.91 Å². The van der Waals surface area contributed by atoms with Crippen molar-refractivity contribution in [1.29, 1.82) is 0 Å². The number of hydrogen-bond donors (Lipinski definition) is 1. The van der Waals surface area contributed by atoms with E-state index in [1.165, 1.54) is 7.11 Å². The van der Waals surface area contributed by atoms with Crippen LogP contribution in [-0.4, -0.2) is 44.3 Å². The summed E-state index contributed by atoms with van der Waals surface area (Å²) in [6.07, 6.45) is 6.77. The fourth-order valence-electron chi connectivity index (χ4n) is 2.90. The van der Waals surface area contributed by atoms with E-state index in [4.69, 9.17) is 9.26 Å². The molecule has 0 spiro atoms. The predicted octanol–water partition coefficient (Wildman–Crippen LogP) is 2.08. The maximum absolute atomic E-state index is 12.0. The molecule has 0 unspecified atom stereocenters. The van der Waals surface area contributed by atoms with Gasteiger partial charge in [-0.1, -0.05) is 0 Å². The zero-order valence-corrected chi connectivity index (χ0v) is 15.9. The third-order valence-corrected chi connectivity index (χ3v) is 4.40. The largest absolute Gasteiger partial charge is 0.479 e. The van der Waals surface area contributed by atoms with Crippen LogP contribution < -0.4 is 10.1 Å². The van der Waals surface area contributed by atoms with Gasteiger partial charge in [0.15, 0.2) is 5.65 Å². The number of carbonyl (C=O) groups excluding carboxylic acids is 1. The molecule has 0 radical (unpaired) electrons. The molecule has 4 aromatic heterocycles. The highest BCUT2D eigenvalue weighted by Gasteiger charge is 2.09. The Hall–Kier alpha value is -3.75. The van der Waals surface area contributed by atoms with Gasteiger partial charge in [0.1, 0.15) is 5.76 Å². The van der Waals surface area contributed by atoms with Crippen LogP contribution in [0.1, 0.15) is 17.9 Å². The lowest BCUT2D eigenvalue weighted by atomic mass is 10.2. The third-order valence-electron chi connectivity index (χ3n) is 4.40. The first kappa shape index (κ1) is 18.6. The standard InChI is InChI=1S/C20H20N6O3/c1-28-20-13-16(29-25-20)2-3-19(27)22-10-6-15-12-18-23-17(7-11-26(18)24-15)14-4-8-21-9-5-14/h4-5,7-9,11-13H,2-3,6,10H2,1H3,(H,22,27). The van der Waals surface area contributed by atoms with E-state index >= 15 is 0 Å². The Kier molecular flexibility index (Phi) is 5.46. The molecule has 0 aliphatic carbocycles. The first-order valence-electron chi connectivity index (χ1n) is 9.23. The molecular formula is C20H20N6O3. The Morgan fingerprint density at radius 3 is 2.86 bits per heavy atom. The molecule has 9 heteroatoms. The zero-order chi connectivity index (χ0) is 20.1. The average molecular weight is 392 g/mol. The van der Waals surface area contributed by atoms with Gasteiger partial charge < -0.3 is 14.6 Å². The van der Waals surface area contributed by atoms with Crippen molar-refractivity contribution in [1.82, 2.24) is 30.1 Å². The molecular weight excluding hydrogens is 372 g/mol. The van der Waals surface area contributed by atoms with E-state index in [1.807, 2.05) is 30.5 Å². The van der Waals surface area contributed by atoms with E-state index in [0.29, 0.717) is 37.4 Å². The monoisotopic (exact) mass is 392 g/mol. The lowest BCUT2D eigenvalue weighted by Gasteiger charge is -2.02. The molecule has 1 N–H and O–H groups in total. The smallest absolute Gasteiger partial charge is 0.254 e. The van der Waals surface area contributed by atoms with Gasteiger partial charge in [-0.15, -0.1) is 0 Å². The summed E-state index contributed by atoms with van der Waals surface area (Å²) in [6, 6.07) is 9.36. The van der Waals surface area contributed by atoms with Gasteiger partial charge >= 0.3 is 0 Å². The molecule has 0 saturated heterocycles. The van der Waals surface area contributed by atoms with Crippen LogP contribution in [0.5, 0.6) is 5.88 Å². The summed E-state index contributed by atoms with van der Waals surface area (Å²) in [4.78, 5) is 20.7. The number of nitrogens with zero attached hydrogens (tertiary/aromatic N) is 5. The van der Waals surface area contributed by atoms with Crippen LogP contribution in [-0.2, 0) is 17.6 Å². The van der Waals surface area contributed by atoms with Gasteiger partial charge in [-0.3, -0.25) is 9.78 Å². The highest BCUT2D eigenvalue weighted by atomic mass is 16.5. The van der Waals surface area contributed by atoms with Gasteiger partial charge in [0, 0.05) is 62.1 Å². The molecule has 148 valence electrons. The van der Waals surface area contributed by atoms with Crippen molar-refractivity contribution in [2.24, 2.45) is 0 Å². The van der Waals surface area contributed by atoms with E-state index in [1.54, 1.807) is 23.0 Å². The minimum absolute atomic E-state index is 0.0535. The van der Waals surface area contributed by atoms with Crippen molar-refractivity contribution in [2.45, 2.75) is 19.3 Å². The highest BCUT2D eigenvalue weighted by Crippen LogP contribution is 2.17. The van der Waals surface area contributed by atoms with Gasteiger partial charge in [-0.05, 0) is 23.4 Å². The minimum Gasteiger partial charge on any atom is -0.479 e. The van der Waals surface area contributed by atoms with E-state index in [0.717, 1.165) is 22.6 Å². The summed E-state index contributed by atoms with van der Waals surface area (Å²) in [5.74, 6) is 0.976. The Balaban J connectivity index is 1.29. The summed E-state index contributed by atoms with van der Waals surface area (Å²) in [7, 11) is 1.52. The molecule has 0 fully saturated rings.